The minimum absolute atomic E-state index is 0.0884. The van der Waals surface area contributed by atoms with E-state index < -0.39 is 0 Å². The molecule has 1 saturated heterocycles. The molecule has 2 fully saturated rings. The van der Waals surface area contributed by atoms with Gasteiger partial charge in [0.25, 0.3) is 5.91 Å². The van der Waals surface area contributed by atoms with E-state index in [0.29, 0.717) is 40.8 Å². The van der Waals surface area contributed by atoms with Gasteiger partial charge >= 0.3 is 0 Å². The molecule has 8 heteroatoms. The van der Waals surface area contributed by atoms with E-state index in [1.54, 1.807) is 21.7 Å². The quantitative estimate of drug-likeness (QED) is 0.682. The highest BCUT2D eigenvalue weighted by Crippen LogP contribution is 2.40. The molecule has 0 radical (unpaired) electrons. The first-order chi connectivity index (χ1) is 14.4. The van der Waals surface area contributed by atoms with Crippen molar-refractivity contribution in [3.63, 3.8) is 0 Å². The van der Waals surface area contributed by atoms with Gasteiger partial charge in [-0.3, -0.25) is 14.3 Å². The molecule has 154 valence electrons. The van der Waals surface area contributed by atoms with Crippen LogP contribution in [0.4, 0.5) is 11.4 Å². The van der Waals surface area contributed by atoms with E-state index in [2.05, 4.69) is 10.4 Å². The predicted molar refractivity (Wildman–Crippen MR) is 116 cm³/mol. The average molecular weight is 424 g/mol. The van der Waals surface area contributed by atoms with Crippen molar-refractivity contribution in [1.82, 2.24) is 14.8 Å². The molecule has 2 aromatic heterocycles. The van der Waals surface area contributed by atoms with Gasteiger partial charge < -0.3 is 10.2 Å². The van der Waals surface area contributed by atoms with Gasteiger partial charge in [-0.05, 0) is 50.5 Å². The molecule has 3 heterocycles. The monoisotopic (exact) mass is 423 g/mol. The van der Waals surface area contributed by atoms with Crippen molar-refractivity contribution in [3.05, 3.63) is 46.2 Å². The van der Waals surface area contributed by atoms with Crippen LogP contribution in [0.5, 0.6) is 0 Å². The van der Waals surface area contributed by atoms with Crippen molar-refractivity contribution < 1.29 is 9.59 Å². The number of halogens is 1. The third-order valence-corrected chi connectivity index (χ3v) is 6.14. The number of fused-ring (bicyclic) bond motifs is 1. The standard InChI is InChI=1S/C22H22ClN5O2/c1-12-20-15(11-17(13-5-6-13)24-21(20)27(2)26-12)22(30)25-18-10-14(7-8-16(18)23)28-9-3-4-19(28)29/h7-8,10-11,13H,3-6,9H2,1-2H3,(H,25,30). The summed E-state index contributed by atoms with van der Waals surface area (Å²) in [6.07, 6.45) is 3.56. The van der Waals surface area contributed by atoms with Crippen LogP contribution in [0, 0.1) is 6.92 Å². The Morgan fingerprint density at radius 2 is 2.07 bits per heavy atom. The molecule has 2 aliphatic rings. The first kappa shape index (κ1) is 19.1. The van der Waals surface area contributed by atoms with Crippen molar-refractivity contribution in [2.45, 2.75) is 38.5 Å². The molecule has 30 heavy (non-hydrogen) atoms. The largest absolute Gasteiger partial charge is 0.321 e. The number of nitrogens with one attached hydrogen (secondary N) is 1. The van der Waals surface area contributed by atoms with Crippen LogP contribution in [0.25, 0.3) is 11.0 Å². The minimum Gasteiger partial charge on any atom is -0.321 e. The second kappa shape index (κ2) is 7.09. The van der Waals surface area contributed by atoms with Gasteiger partial charge in [0.15, 0.2) is 5.65 Å². The maximum Gasteiger partial charge on any atom is 0.256 e. The molecule has 1 saturated carbocycles. The van der Waals surface area contributed by atoms with E-state index in [1.807, 2.05) is 26.1 Å². The number of hydrogen-bond acceptors (Lipinski definition) is 4. The van der Waals surface area contributed by atoms with E-state index in [0.717, 1.165) is 41.7 Å². The Hall–Kier alpha value is -2.93. The smallest absolute Gasteiger partial charge is 0.256 e. The zero-order valence-electron chi connectivity index (χ0n) is 16.9. The number of carbonyl (C=O) groups excluding carboxylic acids is 2. The summed E-state index contributed by atoms with van der Waals surface area (Å²) in [6.45, 7) is 2.56. The molecule has 0 atom stereocenters. The van der Waals surface area contributed by atoms with Crippen molar-refractivity contribution >= 4 is 45.8 Å². The van der Waals surface area contributed by atoms with Gasteiger partial charge in [0.2, 0.25) is 5.91 Å². The highest BCUT2D eigenvalue weighted by Gasteiger charge is 2.29. The number of nitrogens with zero attached hydrogens (tertiary/aromatic N) is 4. The minimum atomic E-state index is -0.257. The number of hydrogen-bond donors (Lipinski definition) is 1. The topological polar surface area (TPSA) is 80.1 Å². The van der Waals surface area contributed by atoms with Crippen LogP contribution in [0.3, 0.4) is 0 Å². The molecule has 1 aromatic carbocycles. The highest BCUT2D eigenvalue weighted by atomic mass is 35.5. The number of pyridine rings is 1. The second-order valence-electron chi connectivity index (χ2n) is 8.04. The first-order valence-electron chi connectivity index (χ1n) is 10.2. The van der Waals surface area contributed by atoms with Crippen LogP contribution in [0.2, 0.25) is 5.02 Å². The number of aromatic nitrogens is 3. The lowest BCUT2D eigenvalue weighted by Gasteiger charge is -2.18. The molecule has 0 unspecified atom stereocenters. The zero-order chi connectivity index (χ0) is 21.0. The van der Waals surface area contributed by atoms with Crippen LogP contribution < -0.4 is 10.2 Å². The maximum absolute atomic E-state index is 13.3. The highest BCUT2D eigenvalue weighted by molar-refractivity contribution is 6.34. The average Bonchev–Trinajstić information content (AvgIpc) is 3.43. The summed E-state index contributed by atoms with van der Waals surface area (Å²) in [5.74, 6) is 0.238. The SMILES string of the molecule is Cc1nn(C)c2nc(C3CC3)cc(C(=O)Nc3cc(N4CCCC4=O)ccc3Cl)c12. The molecule has 0 bridgehead atoms. The molecule has 0 spiro atoms. The van der Waals surface area contributed by atoms with Crippen LogP contribution in [0.15, 0.2) is 24.3 Å². The number of anilines is 2. The Morgan fingerprint density at radius 1 is 1.27 bits per heavy atom. The number of amides is 2. The van der Waals surface area contributed by atoms with E-state index in [4.69, 9.17) is 16.6 Å². The van der Waals surface area contributed by atoms with Crippen LogP contribution >= 0.6 is 11.6 Å². The van der Waals surface area contributed by atoms with Gasteiger partial charge in [-0.2, -0.15) is 5.10 Å². The lowest BCUT2D eigenvalue weighted by Crippen LogP contribution is -2.24. The fourth-order valence-electron chi connectivity index (χ4n) is 4.12. The fourth-order valence-corrected chi connectivity index (χ4v) is 4.28. The Balaban J connectivity index is 1.53. The van der Waals surface area contributed by atoms with E-state index in [9.17, 15) is 9.59 Å². The second-order valence-corrected chi connectivity index (χ2v) is 8.45. The summed E-state index contributed by atoms with van der Waals surface area (Å²) in [6, 6.07) is 7.17. The Labute approximate surface area is 179 Å². The van der Waals surface area contributed by atoms with Crippen LogP contribution in [-0.2, 0) is 11.8 Å². The van der Waals surface area contributed by atoms with Crippen molar-refractivity contribution in [3.8, 4) is 0 Å². The van der Waals surface area contributed by atoms with Gasteiger partial charge in [0, 0.05) is 37.3 Å². The molecule has 2 amide bonds. The molecule has 5 rings (SSSR count). The summed E-state index contributed by atoms with van der Waals surface area (Å²) >= 11 is 6.37. The molecule has 1 aliphatic heterocycles. The van der Waals surface area contributed by atoms with Crippen molar-refractivity contribution in [2.24, 2.45) is 7.05 Å². The van der Waals surface area contributed by atoms with E-state index >= 15 is 0 Å². The van der Waals surface area contributed by atoms with Crippen LogP contribution in [0.1, 0.15) is 53.3 Å². The summed E-state index contributed by atoms with van der Waals surface area (Å²) in [5.41, 5.74) is 4.18. The third kappa shape index (κ3) is 3.23. The number of rotatable bonds is 4. The summed E-state index contributed by atoms with van der Waals surface area (Å²) in [7, 11) is 1.84. The zero-order valence-corrected chi connectivity index (χ0v) is 17.7. The Bertz CT molecular complexity index is 1200. The number of aryl methyl sites for hydroxylation is 2. The molecule has 3 aromatic rings. The normalized spacial score (nSPS) is 16.5. The Kier molecular flexibility index (Phi) is 4.50. The van der Waals surface area contributed by atoms with Gasteiger partial charge in [-0.15, -0.1) is 0 Å². The molecular formula is C22H22ClN5O2. The summed E-state index contributed by atoms with van der Waals surface area (Å²) < 4.78 is 1.72. The van der Waals surface area contributed by atoms with Gasteiger partial charge in [-0.25, -0.2) is 4.98 Å². The molecule has 7 nitrogen and oxygen atoms in total. The van der Waals surface area contributed by atoms with Crippen molar-refractivity contribution in [1.29, 1.82) is 0 Å². The summed E-state index contributed by atoms with van der Waals surface area (Å²) in [5, 5.41) is 8.58. The first-order valence-corrected chi connectivity index (χ1v) is 10.6. The maximum atomic E-state index is 13.3. The van der Waals surface area contributed by atoms with Crippen LogP contribution in [-0.4, -0.2) is 33.1 Å². The molecular weight excluding hydrogens is 402 g/mol. The predicted octanol–water partition coefficient (Wildman–Crippen LogP) is 4.19. The van der Waals surface area contributed by atoms with E-state index in [1.165, 1.54) is 0 Å². The van der Waals surface area contributed by atoms with Gasteiger partial charge in [-0.1, -0.05) is 11.6 Å². The molecule has 1 aliphatic carbocycles. The summed E-state index contributed by atoms with van der Waals surface area (Å²) in [4.78, 5) is 31.9. The number of carbonyl (C=O) groups is 2. The lowest BCUT2D eigenvalue weighted by molar-refractivity contribution is -0.117. The fraction of sp³-hybridized carbons (Fsp3) is 0.364. The molecule has 1 N–H and O–H groups in total. The third-order valence-electron chi connectivity index (χ3n) is 5.81. The van der Waals surface area contributed by atoms with E-state index in [-0.39, 0.29) is 11.8 Å². The van der Waals surface area contributed by atoms with Crippen molar-refractivity contribution in [2.75, 3.05) is 16.8 Å². The lowest BCUT2D eigenvalue weighted by atomic mass is 10.1. The van der Waals surface area contributed by atoms with Gasteiger partial charge in [0.1, 0.15) is 0 Å². The Morgan fingerprint density at radius 3 is 2.77 bits per heavy atom. The van der Waals surface area contributed by atoms with Gasteiger partial charge in [0.05, 0.1) is 27.4 Å². The number of benzene rings is 1.